The summed E-state index contributed by atoms with van der Waals surface area (Å²) in [6.45, 7) is 2.65. The highest BCUT2D eigenvalue weighted by atomic mass is 16.6. The Hall–Kier alpha value is -4.11. The molecular weight excluding hydrogens is 458 g/mol. The molecule has 1 aliphatic heterocycles. The summed E-state index contributed by atoms with van der Waals surface area (Å²) in [5.74, 6) is -0.707. The van der Waals surface area contributed by atoms with Crippen LogP contribution in [-0.2, 0) is 0 Å². The minimum atomic E-state index is -0.735. The summed E-state index contributed by atoms with van der Waals surface area (Å²) in [5, 5.41) is 14.0. The molecule has 0 spiro atoms. The van der Waals surface area contributed by atoms with Crippen molar-refractivity contribution >= 4 is 17.5 Å². The SMILES string of the molecule is NC(=O)c1cccnc1C(=O)NC(CCN1CCC(c2ccccc2)CC1)c1ccc([N+](=O)[O-])cc1. The highest BCUT2D eigenvalue weighted by Gasteiger charge is 2.24. The molecule has 3 aromatic rings. The van der Waals surface area contributed by atoms with Crippen LogP contribution in [0.25, 0.3) is 0 Å². The standard InChI is InChI=1S/C27H29N5O4/c28-26(33)23-7-4-15-29-25(23)27(34)30-24(21-8-10-22(11-9-21)32(35)36)14-18-31-16-12-20(13-17-31)19-5-2-1-3-6-19/h1-11,15,20,24H,12-14,16-18H2,(H2,28,33)(H,30,34). The second kappa shape index (κ2) is 11.5. The van der Waals surface area contributed by atoms with Crippen LogP contribution < -0.4 is 11.1 Å². The number of nitrogens with one attached hydrogen (secondary N) is 1. The molecular formula is C27H29N5O4. The number of carbonyl (C=O) groups is 2. The summed E-state index contributed by atoms with van der Waals surface area (Å²) in [5.41, 5.74) is 7.51. The van der Waals surface area contributed by atoms with Crippen molar-refractivity contribution < 1.29 is 14.5 Å². The summed E-state index contributed by atoms with van der Waals surface area (Å²) < 4.78 is 0. The first kappa shape index (κ1) is 25.0. The molecule has 0 radical (unpaired) electrons. The van der Waals surface area contributed by atoms with Crippen molar-refractivity contribution in [3.05, 3.63) is 105 Å². The molecule has 1 saturated heterocycles. The molecule has 1 aromatic heterocycles. The highest BCUT2D eigenvalue weighted by Crippen LogP contribution is 2.29. The Morgan fingerprint density at radius 3 is 2.39 bits per heavy atom. The zero-order valence-electron chi connectivity index (χ0n) is 19.9. The Bertz CT molecular complexity index is 1210. The van der Waals surface area contributed by atoms with E-state index < -0.39 is 22.8 Å². The van der Waals surface area contributed by atoms with Gasteiger partial charge in [0.2, 0.25) is 0 Å². The number of nitrogens with two attached hydrogens (primary N) is 1. The lowest BCUT2D eigenvalue weighted by Crippen LogP contribution is -2.37. The third-order valence-corrected chi connectivity index (χ3v) is 6.69. The summed E-state index contributed by atoms with van der Waals surface area (Å²) in [6.07, 6.45) is 4.15. The number of nitro benzene ring substituents is 1. The average Bonchev–Trinajstić information content (AvgIpc) is 2.91. The number of aromatic nitrogens is 1. The van der Waals surface area contributed by atoms with Gasteiger partial charge in [-0.2, -0.15) is 0 Å². The van der Waals surface area contributed by atoms with Crippen molar-refractivity contribution in [2.75, 3.05) is 19.6 Å². The van der Waals surface area contributed by atoms with Gasteiger partial charge >= 0.3 is 0 Å². The van der Waals surface area contributed by atoms with Crippen molar-refractivity contribution in [3.63, 3.8) is 0 Å². The van der Waals surface area contributed by atoms with E-state index >= 15 is 0 Å². The number of carbonyl (C=O) groups excluding carboxylic acids is 2. The fraction of sp³-hybridized carbons (Fsp3) is 0.296. The Balaban J connectivity index is 1.45. The monoisotopic (exact) mass is 487 g/mol. The molecule has 0 saturated carbocycles. The van der Waals surface area contributed by atoms with Crippen LogP contribution in [-0.4, -0.2) is 46.3 Å². The van der Waals surface area contributed by atoms with Crippen LogP contribution in [0, 0.1) is 10.1 Å². The molecule has 0 aliphatic carbocycles. The van der Waals surface area contributed by atoms with Gasteiger partial charge in [-0.3, -0.25) is 24.7 Å². The second-order valence-electron chi connectivity index (χ2n) is 8.95. The van der Waals surface area contributed by atoms with Crippen LogP contribution in [0.5, 0.6) is 0 Å². The molecule has 1 fully saturated rings. The molecule has 36 heavy (non-hydrogen) atoms. The van der Waals surface area contributed by atoms with Crippen molar-refractivity contribution in [1.82, 2.24) is 15.2 Å². The first-order chi connectivity index (χ1) is 17.4. The largest absolute Gasteiger partial charge is 0.366 e. The molecule has 4 rings (SSSR count). The van der Waals surface area contributed by atoms with E-state index in [4.69, 9.17) is 5.73 Å². The number of non-ortho nitro benzene ring substituents is 1. The third kappa shape index (κ3) is 6.11. The van der Waals surface area contributed by atoms with Crippen LogP contribution in [0.3, 0.4) is 0 Å². The van der Waals surface area contributed by atoms with Crippen molar-refractivity contribution in [2.24, 2.45) is 5.73 Å². The molecule has 2 amide bonds. The number of rotatable bonds is 9. The van der Waals surface area contributed by atoms with E-state index in [1.165, 1.54) is 30.0 Å². The first-order valence-electron chi connectivity index (χ1n) is 12.0. The van der Waals surface area contributed by atoms with Gasteiger partial charge in [0.25, 0.3) is 17.5 Å². The van der Waals surface area contributed by atoms with Gasteiger partial charge in [-0.1, -0.05) is 42.5 Å². The van der Waals surface area contributed by atoms with Crippen LogP contribution in [0.4, 0.5) is 5.69 Å². The number of pyridine rings is 1. The minimum Gasteiger partial charge on any atom is -0.366 e. The topological polar surface area (TPSA) is 131 Å². The van der Waals surface area contributed by atoms with Crippen molar-refractivity contribution in [3.8, 4) is 0 Å². The second-order valence-corrected chi connectivity index (χ2v) is 8.95. The van der Waals surface area contributed by atoms with E-state index in [9.17, 15) is 19.7 Å². The molecule has 186 valence electrons. The molecule has 2 aromatic carbocycles. The lowest BCUT2D eigenvalue weighted by atomic mass is 9.89. The lowest BCUT2D eigenvalue weighted by Gasteiger charge is -2.33. The van der Waals surface area contributed by atoms with Crippen LogP contribution in [0.1, 0.15) is 63.2 Å². The summed E-state index contributed by atoms with van der Waals surface area (Å²) in [7, 11) is 0. The van der Waals surface area contributed by atoms with E-state index in [-0.39, 0.29) is 16.9 Å². The zero-order valence-corrected chi connectivity index (χ0v) is 19.9. The molecule has 1 aliphatic rings. The number of piperidine rings is 1. The maximum atomic E-state index is 13.1. The highest BCUT2D eigenvalue weighted by molar-refractivity contribution is 6.05. The van der Waals surface area contributed by atoms with Crippen LogP contribution in [0.15, 0.2) is 72.9 Å². The molecule has 2 heterocycles. The predicted octanol–water partition coefficient (Wildman–Crippen LogP) is 3.83. The normalized spacial score (nSPS) is 15.2. The van der Waals surface area contributed by atoms with Gasteiger partial charge < -0.3 is 16.0 Å². The molecule has 3 N–H and O–H groups in total. The van der Waals surface area contributed by atoms with Crippen molar-refractivity contribution in [2.45, 2.75) is 31.2 Å². The average molecular weight is 488 g/mol. The third-order valence-electron chi connectivity index (χ3n) is 6.69. The Morgan fingerprint density at radius 2 is 1.75 bits per heavy atom. The number of hydrogen-bond acceptors (Lipinski definition) is 6. The number of nitrogens with zero attached hydrogens (tertiary/aromatic N) is 3. The molecule has 0 bridgehead atoms. The Morgan fingerprint density at radius 1 is 1.06 bits per heavy atom. The lowest BCUT2D eigenvalue weighted by molar-refractivity contribution is -0.384. The summed E-state index contributed by atoms with van der Waals surface area (Å²) in [6, 6.07) is 19.3. The van der Waals surface area contributed by atoms with Gasteiger partial charge in [0, 0.05) is 24.9 Å². The Labute approximate surface area is 209 Å². The number of hydrogen-bond donors (Lipinski definition) is 2. The number of benzene rings is 2. The van der Waals surface area contributed by atoms with Crippen LogP contribution in [0.2, 0.25) is 0 Å². The van der Waals surface area contributed by atoms with Gasteiger partial charge in [-0.05, 0) is 61.5 Å². The number of nitro groups is 1. The number of likely N-dealkylation sites (tertiary alicyclic amines) is 1. The van der Waals surface area contributed by atoms with E-state index in [0.717, 1.165) is 38.0 Å². The smallest absolute Gasteiger partial charge is 0.271 e. The number of primary amides is 1. The zero-order chi connectivity index (χ0) is 25.5. The first-order valence-corrected chi connectivity index (χ1v) is 12.0. The molecule has 9 heteroatoms. The van der Waals surface area contributed by atoms with Gasteiger partial charge in [-0.15, -0.1) is 0 Å². The van der Waals surface area contributed by atoms with Crippen LogP contribution >= 0.6 is 0 Å². The predicted molar refractivity (Wildman–Crippen MR) is 136 cm³/mol. The van der Waals surface area contributed by atoms with E-state index in [1.807, 2.05) is 6.07 Å². The maximum absolute atomic E-state index is 13.1. The summed E-state index contributed by atoms with van der Waals surface area (Å²) in [4.78, 5) is 41.9. The molecule has 9 nitrogen and oxygen atoms in total. The fourth-order valence-corrected chi connectivity index (χ4v) is 4.69. The molecule has 1 unspecified atom stereocenters. The van der Waals surface area contributed by atoms with Gasteiger partial charge in [0.1, 0.15) is 5.69 Å². The molecule has 1 atom stereocenters. The fourth-order valence-electron chi connectivity index (χ4n) is 4.69. The van der Waals surface area contributed by atoms with Gasteiger partial charge in [0.15, 0.2) is 0 Å². The number of amides is 2. The van der Waals surface area contributed by atoms with E-state index in [1.54, 1.807) is 18.2 Å². The van der Waals surface area contributed by atoms with Crippen molar-refractivity contribution in [1.29, 1.82) is 0 Å². The summed E-state index contributed by atoms with van der Waals surface area (Å²) >= 11 is 0. The van der Waals surface area contributed by atoms with Gasteiger partial charge in [0.05, 0.1) is 16.5 Å². The minimum absolute atomic E-state index is 0.0208. The van der Waals surface area contributed by atoms with E-state index in [0.29, 0.717) is 12.3 Å². The quantitative estimate of drug-likeness (QED) is 0.348. The Kier molecular flexibility index (Phi) is 8.02. The maximum Gasteiger partial charge on any atom is 0.271 e. The van der Waals surface area contributed by atoms with E-state index in [2.05, 4.69) is 39.5 Å². The van der Waals surface area contributed by atoms with Gasteiger partial charge in [-0.25, -0.2) is 0 Å².